The zero-order valence-corrected chi connectivity index (χ0v) is 18.3. The van der Waals surface area contributed by atoms with E-state index >= 15 is 0 Å². The van der Waals surface area contributed by atoms with Crippen molar-refractivity contribution >= 4 is 39.3 Å². The van der Waals surface area contributed by atoms with Crippen LogP contribution in [0.2, 0.25) is 0 Å². The molecule has 144 valence electrons. The van der Waals surface area contributed by atoms with Crippen molar-refractivity contribution < 1.29 is 4.74 Å². The smallest absolute Gasteiger partial charge is 0.193 e. The molecule has 0 radical (unpaired) electrons. The van der Waals surface area contributed by atoms with E-state index in [-0.39, 0.29) is 4.75 Å². The van der Waals surface area contributed by atoms with Crippen LogP contribution < -0.4 is 10.2 Å². The lowest BCUT2D eigenvalue weighted by molar-refractivity contribution is 0.122. The van der Waals surface area contributed by atoms with E-state index in [1.54, 1.807) is 0 Å². The SMILES string of the molecule is CN=C(NCc1ccc(Br)cc1N1CCOCC1)N1CCSC(C)(C)C1. The Balaban J connectivity index is 1.70. The van der Waals surface area contributed by atoms with Crippen molar-refractivity contribution in [3.8, 4) is 0 Å². The third-order valence-corrected chi connectivity index (χ3v) is 6.56. The summed E-state index contributed by atoms with van der Waals surface area (Å²) < 4.78 is 6.89. The molecule has 2 saturated heterocycles. The third kappa shape index (κ3) is 5.08. The Labute approximate surface area is 169 Å². The molecular formula is C19H29BrN4OS. The van der Waals surface area contributed by atoms with Gasteiger partial charge in [0.25, 0.3) is 0 Å². The van der Waals surface area contributed by atoms with Crippen molar-refractivity contribution in [2.45, 2.75) is 25.1 Å². The van der Waals surface area contributed by atoms with Gasteiger partial charge >= 0.3 is 0 Å². The van der Waals surface area contributed by atoms with Crippen LogP contribution in [0.25, 0.3) is 0 Å². The standard InChI is InChI=1S/C19H29BrN4OS/c1-19(2)14-24(8-11-26-19)18(21-3)22-13-15-4-5-16(20)12-17(15)23-6-9-25-10-7-23/h4-5,12H,6-11,13-14H2,1-3H3,(H,21,22). The van der Waals surface area contributed by atoms with E-state index in [2.05, 4.69) is 68.1 Å². The van der Waals surface area contributed by atoms with Crippen LogP contribution in [0.3, 0.4) is 0 Å². The molecule has 0 aromatic heterocycles. The second-order valence-electron chi connectivity index (χ2n) is 7.30. The molecule has 2 aliphatic rings. The van der Waals surface area contributed by atoms with Gasteiger partial charge in [0.15, 0.2) is 5.96 Å². The summed E-state index contributed by atoms with van der Waals surface area (Å²) >= 11 is 5.66. The monoisotopic (exact) mass is 440 g/mol. The van der Waals surface area contributed by atoms with Crippen LogP contribution >= 0.6 is 27.7 Å². The van der Waals surface area contributed by atoms with E-state index in [4.69, 9.17) is 4.74 Å². The first-order chi connectivity index (χ1) is 12.5. The lowest BCUT2D eigenvalue weighted by atomic mass is 10.1. The number of nitrogens with one attached hydrogen (secondary N) is 1. The minimum absolute atomic E-state index is 0.270. The number of anilines is 1. The number of hydrogen-bond acceptors (Lipinski definition) is 4. The number of guanidine groups is 1. The zero-order valence-electron chi connectivity index (χ0n) is 15.9. The van der Waals surface area contributed by atoms with Crippen LogP contribution in [0.4, 0.5) is 5.69 Å². The van der Waals surface area contributed by atoms with Gasteiger partial charge in [-0.1, -0.05) is 22.0 Å². The van der Waals surface area contributed by atoms with Gasteiger partial charge in [-0.05, 0) is 31.5 Å². The molecule has 0 aliphatic carbocycles. The summed E-state index contributed by atoms with van der Waals surface area (Å²) in [5.41, 5.74) is 2.57. The summed E-state index contributed by atoms with van der Waals surface area (Å²) in [7, 11) is 1.88. The molecule has 0 bridgehead atoms. The number of nitrogens with zero attached hydrogens (tertiary/aromatic N) is 3. The number of rotatable bonds is 3. The molecule has 7 heteroatoms. The summed E-state index contributed by atoms with van der Waals surface area (Å²) in [4.78, 5) is 9.32. The largest absolute Gasteiger partial charge is 0.378 e. The summed E-state index contributed by atoms with van der Waals surface area (Å²) in [6, 6.07) is 6.53. The van der Waals surface area contributed by atoms with E-state index < -0.39 is 0 Å². The van der Waals surface area contributed by atoms with Crippen molar-refractivity contribution in [3.63, 3.8) is 0 Å². The molecule has 3 rings (SSSR count). The Kier molecular flexibility index (Phi) is 6.75. The first-order valence-electron chi connectivity index (χ1n) is 9.19. The summed E-state index contributed by atoms with van der Waals surface area (Å²) in [5.74, 6) is 2.14. The third-order valence-electron chi connectivity index (χ3n) is 4.77. The molecule has 0 spiro atoms. The van der Waals surface area contributed by atoms with Crippen molar-refractivity contribution in [3.05, 3.63) is 28.2 Å². The van der Waals surface area contributed by atoms with Gasteiger partial charge in [-0.3, -0.25) is 4.99 Å². The predicted octanol–water partition coefficient (Wildman–Crippen LogP) is 3.19. The predicted molar refractivity (Wildman–Crippen MR) is 115 cm³/mol. The number of halogens is 1. The first-order valence-corrected chi connectivity index (χ1v) is 11.0. The molecule has 0 atom stereocenters. The lowest BCUT2D eigenvalue weighted by Gasteiger charge is -2.39. The van der Waals surface area contributed by atoms with Gasteiger partial charge in [0.1, 0.15) is 0 Å². The van der Waals surface area contributed by atoms with Crippen LogP contribution in [0.5, 0.6) is 0 Å². The molecule has 0 unspecified atom stereocenters. The Bertz CT molecular complexity index is 646. The van der Waals surface area contributed by atoms with Crippen molar-refractivity contribution in [2.75, 3.05) is 57.1 Å². The van der Waals surface area contributed by atoms with Crippen molar-refractivity contribution in [1.29, 1.82) is 0 Å². The van der Waals surface area contributed by atoms with Crippen LogP contribution in [0.1, 0.15) is 19.4 Å². The number of benzene rings is 1. The maximum Gasteiger partial charge on any atom is 0.193 e. The lowest BCUT2D eigenvalue weighted by Crippen LogP contribution is -2.50. The molecule has 1 aromatic carbocycles. The van der Waals surface area contributed by atoms with Crippen molar-refractivity contribution in [2.24, 2.45) is 4.99 Å². The van der Waals surface area contributed by atoms with E-state index in [0.29, 0.717) is 0 Å². The fourth-order valence-corrected chi connectivity index (χ4v) is 4.95. The van der Waals surface area contributed by atoms with Crippen LogP contribution in [-0.4, -0.2) is 67.8 Å². The first kappa shape index (κ1) is 19.8. The van der Waals surface area contributed by atoms with E-state index in [9.17, 15) is 0 Å². The van der Waals surface area contributed by atoms with Gasteiger partial charge in [0.05, 0.1) is 13.2 Å². The highest BCUT2D eigenvalue weighted by molar-refractivity contribution is 9.10. The fourth-order valence-electron chi connectivity index (χ4n) is 3.49. The zero-order chi connectivity index (χ0) is 18.6. The van der Waals surface area contributed by atoms with Gasteiger partial charge in [0.2, 0.25) is 0 Å². The van der Waals surface area contributed by atoms with Crippen molar-refractivity contribution in [1.82, 2.24) is 10.2 Å². The topological polar surface area (TPSA) is 40.1 Å². The maximum absolute atomic E-state index is 5.51. The summed E-state index contributed by atoms with van der Waals surface area (Å²) in [6.07, 6.45) is 0. The van der Waals surface area contributed by atoms with Crippen LogP contribution in [0.15, 0.2) is 27.7 Å². The molecule has 0 amide bonds. The summed E-state index contributed by atoms with van der Waals surface area (Å²) in [6.45, 7) is 10.9. The normalized spacial score (nSPS) is 21.0. The number of hydrogen-bond donors (Lipinski definition) is 1. The minimum Gasteiger partial charge on any atom is -0.378 e. The number of thioether (sulfide) groups is 1. The average molecular weight is 441 g/mol. The molecule has 0 saturated carbocycles. The minimum atomic E-state index is 0.270. The quantitative estimate of drug-likeness (QED) is 0.577. The van der Waals surface area contributed by atoms with Gasteiger partial charge in [-0.25, -0.2) is 0 Å². The number of aliphatic imine (C=N–C) groups is 1. The summed E-state index contributed by atoms with van der Waals surface area (Å²) in [5, 5.41) is 3.59. The highest BCUT2D eigenvalue weighted by Crippen LogP contribution is 2.30. The molecule has 26 heavy (non-hydrogen) atoms. The van der Waals surface area contributed by atoms with Gasteiger partial charge in [-0.2, -0.15) is 11.8 Å². The molecule has 1 N–H and O–H groups in total. The van der Waals surface area contributed by atoms with E-state index in [1.807, 2.05) is 18.8 Å². The van der Waals surface area contributed by atoms with Crippen LogP contribution in [-0.2, 0) is 11.3 Å². The molecule has 2 aliphatic heterocycles. The highest BCUT2D eigenvalue weighted by atomic mass is 79.9. The van der Waals surface area contributed by atoms with E-state index in [0.717, 1.165) is 62.1 Å². The van der Waals surface area contributed by atoms with Crippen LogP contribution in [0, 0.1) is 0 Å². The average Bonchev–Trinajstić information content (AvgIpc) is 2.63. The Morgan fingerprint density at radius 1 is 1.31 bits per heavy atom. The Morgan fingerprint density at radius 3 is 2.77 bits per heavy atom. The molecular weight excluding hydrogens is 412 g/mol. The Hall–Kier alpha value is -0.920. The highest BCUT2D eigenvalue weighted by Gasteiger charge is 2.28. The molecule has 1 aromatic rings. The molecule has 2 fully saturated rings. The van der Waals surface area contributed by atoms with Gasteiger partial charge in [0, 0.05) is 60.4 Å². The maximum atomic E-state index is 5.51. The fraction of sp³-hybridized carbons (Fsp3) is 0.632. The van der Waals surface area contributed by atoms with Gasteiger partial charge < -0.3 is 19.9 Å². The number of ether oxygens (including phenoxy) is 1. The molecule has 2 heterocycles. The van der Waals surface area contributed by atoms with E-state index in [1.165, 1.54) is 11.3 Å². The number of morpholine rings is 1. The second-order valence-corrected chi connectivity index (χ2v) is 10.0. The second kappa shape index (κ2) is 8.85. The molecule has 5 nitrogen and oxygen atoms in total. The Morgan fingerprint density at radius 2 is 2.08 bits per heavy atom. The van der Waals surface area contributed by atoms with Gasteiger partial charge in [-0.15, -0.1) is 0 Å².